The molecule has 2 aliphatic heterocycles. The van der Waals surface area contributed by atoms with Gasteiger partial charge in [-0.25, -0.2) is 9.18 Å². The molecule has 0 fully saturated rings. The third-order valence-corrected chi connectivity index (χ3v) is 6.50. The first-order valence-electron chi connectivity index (χ1n) is 10.1. The fourth-order valence-electron chi connectivity index (χ4n) is 3.72. The number of halogens is 1. The van der Waals surface area contributed by atoms with Crippen molar-refractivity contribution in [2.75, 3.05) is 18.9 Å². The van der Waals surface area contributed by atoms with Crippen LogP contribution in [0.25, 0.3) is 0 Å². The Kier molecular flexibility index (Phi) is 6.43. The molecule has 30 heavy (non-hydrogen) atoms. The first kappa shape index (κ1) is 20.5. The van der Waals surface area contributed by atoms with E-state index < -0.39 is 5.97 Å². The molecule has 4 rings (SSSR count). The molecule has 2 heterocycles. The van der Waals surface area contributed by atoms with Crippen LogP contribution in [-0.2, 0) is 24.2 Å². The van der Waals surface area contributed by atoms with Crippen LogP contribution in [0, 0.1) is 5.82 Å². The van der Waals surface area contributed by atoms with Crippen LogP contribution in [0.5, 0.6) is 5.75 Å². The summed E-state index contributed by atoms with van der Waals surface area (Å²) in [5, 5.41) is 10.5. The lowest BCUT2D eigenvalue weighted by Gasteiger charge is -2.29. The molecule has 6 heteroatoms. The van der Waals surface area contributed by atoms with Crippen LogP contribution in [0.1, 0.15) is 23.1 Å². The number of carboxylic acids is 1. The number of fused-ring (bicyclic) bond motifs is 1. The van der Waals surface area contributed by atoms with Crippen molar-refractivity contribution in [3.05, 3.63) is 87.7 Å². The van der Waals surface area contributed by atoms with Gasteiger partial charge in [-0.2, -0.15) is 0 Å². The lowest BCUT2D eigenvalue weighted by molar-refractivity contribution is -0.132. The number of ether oxygens (including phenoxy) is 1. The molecule has 0 spiro atoms. The van der Waals surface area contributed by atoms with Gasteiger partial charge in [0.05, 0.1) is 17.2 Å². The summed E-state index contributed by atoms with van der Waals surface area (Å²) in [7, 11) is 0. The lowest BCUT2D eigenvalue weighted by Crippen LogP contribution is -2.27. The van der Waals surface area contributed by atoms with Crippen LogP contribution >= 0.6 is 11.8 Å². The van der Waals surface area contributed by atoms with Gasteiger partial charge in [-0.1, -0.05) is 30.3 Å². The van der Waals surface area contributed by atoms with E-state index in [1.165, 1.54) is 17.7 Å². The summed E-state index contributed by atoms with van der Waals surface area (Å²) in [5.74, 6) is 0.595. The topological polar surface area (TPSA) is 49.8 Å². The Balaban J connectivity index is 1.42. The molecule has 0 saturated carbocycles. The highest BCUT2D eigenvalue weighted by Crippen LogP contribution is 2.32. The first-order valence-corrected chi connectivity index (χ1v) is 11.1. The van der Waals surface area contributed by atoms with Gasteiger partial charge in [-0.05, 0) is 59.6 Å². The fourth-order valence-corrected chi connectivity index (χ4v) is 4.83. The SMILES string of the molecule is O=C(O)C1=C(SCCCc2ccc(F)cc2)N(Cc2ccc3c(c2)OCC3)CC=C1. The Morgan fingerprint density at radius 3 is 2.77 bits per heavy atom. The molecule has 2 aromatic rings. The smallest absolute Gasteiger partial charge is 0.338 e. The number of hydrogen-bond acceptors (Lipinski definition) is 4. The van der Waals surface area contributed by atoms with Crippen LogP contribution in [0.2, 0.25) is 0 Å². The molecule has 0 amide bonds. The Bertz CT molecular complexity index is 984. The second-order valence-electron chi connectivity index (χ2n) is 7.43. The molecule has 156 valence electrons. The summed E-state index contributed by atoms with van der Waals surface area (Å²) in [6.07, 6.45) is 6.26. The number of nitrogens with zero attached hydrogens (tertiary/aromatic N) is 1. The van der Waals surface area contributed by atoms with Crippen molar-refractivity contribution in [2.24, 2.45) is 0 Å². The third-order valence-electron chi connectivity index (χ3n) is 5.25. The molecule has 2 aliphatic rings. The maximum atomic E-state index is 13.0. The van der Waals surface area contributed by atoms with Crippen LogP contribution in [0.4, 0.5) is 4.39 Å². The normalized spacial score (nSPS) is 15.3. The van der Waals surface area contributed by atoms with Crippen molar-refractivity contribution in [1.29, 1.82) is 0 Å². The van der Waals surface area contributed by atoms with Gasteiger partial charge < -0.3 is 14.7 Å². The number of aryl methyl sites for hydroxylation is 1. The van der Waals surface area contributed by atoms with E-state index in [-0.39, 0.29) is 5.82 Å². The zero-order chi connectivity index (χ0) is 20.9. The summed E-state index contributed by atoms with van der Waals surface area (Å²) in [6.45, 7) is 2.04. The number of aliphatic carboxylic acids is 1. The van der Waals surface area contributed by atoms with Crippen molar-refractivity contribution < 1.29 is 19.0 Å². The van der Waals surface area contributed by atoms with Gasteiger partial charge in [0.1, 0.15) is 11.6 Å². The van der Waals surface area contributed by atoms with E-state index in [1.807, 2.05) is 6.08 Å². The number of carboxylic acid groups (broad SMARTS) is 1. The highest BCUT2D eigenvalue weighted by molar-refractivity contribution is 8.03. The summed E-state index contributed by atoms with van der Waals surface area (Å²) in [5.41, 5.74) is 3.77. The van der Waals surface area contributed by atoms with E-state index >= 15 is 0 Å². The minimum Gasteiger partial charge on any atom is -0.493 e. The molecule has 0 saturated heterocycles. The molecule has 0 aromatic heterocycles. The van der Waals surface area contributed by atoms with Crippen molar-refractivity contribution in [3.8, 4) is 5.75 Å². The largest absolute Gasteiger partial charge is 0.493 e. The maximum Gasteiger partial charge on any atom is 0.338 e. The monoisotopic (exact) mass is 425 g/mol. The number of benzene rings is 2. The van der Waals surface area contributed by atoms with Crippen molar-refractivity contribution in [1.82, 2.24) is 4.90 Å². The second-order valence-corrected chi connectivity index (χ2v) is 8.51. The Labute approximate surface area is 180 Å². The number of thioether (sulfide) groups is 1. The Hall–Kier alpha value is -2.73. The van der Waals surface area contributed by atoms with Gasteiger partial charge in [0.25, 0.3) is 0 Å². The predicted molar refractivity (Wildman–Crippen MR) is 117 cm³/mol. The minimum absolute atomic E-state index is 0.231. The zero-order valence-electron chi connectivity index (χ0n) is 16.6. The van der Waals surface area contributed by atoms with Gasteiger partial charge >= 0.3 is 5.97 Å². The molecule has 4 nitrogen and oxygen atoms in total. The number of rotatable bonds is 8. The van der Waals surface area contributed by atoms with Gasteiger partial charge in [0, 0.05) is 19.5 Å². The average molecular weight is 426 g/mol. The Morgan fingerprint density at radius 2 is 1.97 bits per heavy atom. The molecule has 0 bridgehead atoms. The maximum absolute atomic E-state index is 13.0. The second kappa shape index (κ2) is 9.39. The molecule has 2 aromatic carbocycles. The van der Waals surface area contributed by atoms with Crippen molar-refractivity contribution in [2.45, 2.75) is 25.8 Å². The van der Waals surface area contributed by atoms with Crippen LogP contribution in [-0.4, -0.2) is 34.9 Å². The minimum atomic E-state index is -0.908. The van der Waals surface area contributed by atoms with E-state index in [2.05, 4.69) is 23.1 Å². The van der Waals surface area contributed by atoms with Gasteiger partial charge in [-0.3, -0.25) is 0 Å². The summed E-state index contributed by atoms with van der Waals surface area (Å²) >= 11 is 1.58. The predicted octanol–water partition coefficient (Wildman–Crippen LogP) is 4.79. The number of carbonyl (C=O) groups is 1. The van der Waals surface area contributed by atoms with Gasteiger partial charge in [0.2, 0.25) is 0 Å². The van der Waals surface area contributed by atoms with Gasteiger partial charge in [0.15, 0.2) is 0 Å². The fraction of sp³-hybridized carbons (Fsp3) is 0.292. The first-order chi connectivity index (χ1) is 14.6. The van der Waals surface area contributed by atoms with E-state index in [4.69, 9.17) is 4.74 Å². The van der Waals surface area contributed by atoms with E-state index in [9.17, 15) is 14.3 Å². The molecular weight excluding hydrogens is 401 g/mol. The Morgan fingerprint density at radius 1 is 1.17 bits per heavy atom. The molecule has 0 unspecified atom stereocenters. The molecule has 0 atom stereocenters. The van der Waals surface area contributed by atoms with Crippen molar-refractivity contribution >= 4 is 17.7 Å². The summed E-state index contributed by atoms with van der Waals surface area (Å²) < 4.78 is 18.7. The summed E-state index contributed by atoms with van der Waals surface area (Å²) in [4.78, 5) is 13.9. The van der Waals surface area contributed by atoms with Crippen LogP contribution in [0.15, 0.2) is 65.2 Å². The molecule has 0 radical (unpaired) electrons. The molecular formula is C24H24FNO3S. The van der Waals surface area contributed by atoms with Crippen LogP contribution in [0.3, 0.4) is 0 Å². The lowest BCUT2D eigenvalue weighted by atomic mass is 10.1. The third kappa shape index (κ3) is 4.87. The van der Waals surface area contributed by atoms with Crippen LogP contribution < -0.4 is 4.74 Å². The molecule has 0 aliphatic carbocycles. The van der Waals surface area contributed by atoms with E-state index in [0.29, 0.717) is 18.7 Å². The average Bonchev–Trinajstić information content (AvgIpc) is 3.21. The van der Waals surface area contributed by atoms with E-state index in [0.717, 1.165) is 53.5 Å². The number of hydrogen-bond donors (Lipinski definition) is 1. The van der Waals surface area contributed by atoms with E-state index in [1.54, 1.807) is 30.0 Å². The van der Waals surface area contributed by atoms with Gasteiger partial charge in [-0.15, -0.1) is 11.8 Å². The van der Waals surface area contributed by atoms with Crippen molar-refractivity contribution in [3.63, 3.8) is 0 Å². The standard InChI is InChI=1S/C24H24FNO3S/c25-20-9-6-17(7-10-20)3-2-14-30-23-21(24(27)28)4-1-12-26(23)16-18-5-8-19-11-13-29-22(19)15-18/h1,4-10,15H,2-3,11-14,16H2,(H,27,28). The summed E-state index contributed by atoms with van der Waals surface area (Å²) in [6, 6.07) is 12.8. The highest BCUT2D eigenvalue weighted by Gasteiger charge is 2.22. The highest BCUT2D eigenvalue weighted by atomic mass is 32.2. The quantitative estimate of drug-likeness (QED) is 0.616. The molecule has 1 N–H and O–H groups in total. The zero-order valence-corrected chi connectivity index (χ0v) is 17.5.